The van der Waals surface area contributed by atoms with Gasteiger partial charge in [-0.15, -0.1) is 0 Å². The van der Waals surface area contributed by atoms with Crippen molar-refractivity contribution in [1.29, 1.82) is 0 Å². The quantitative estimate of drug-likeness (QED) is 0.808. The number of nitrogens with two attached hydrogens (primary N) is 1. The number of hydrogen-bond acceptors (Lipinski definition) is 4. The number of thioether (sulfide) groups is 1. The van der Waals surface area contributed by atoms with Crippen molar-refractivity contribution in [2.75, 3.05) is 12.9 Å². The number of methoxy groups -OCH3 is 1. The first kappa shape index (κ1) is 15.0. The summed E-state index contributed by atoms with van der Waals surface area (Å²) in [4.78, 5) is 11.0. The van der Waals surface area contributed by atoms with E-state index >= 15 is 0 Å². The second-order valence-corrected chi connectivity index (χ2v) is 5.25. The lowest BCUT2D eigenvalue weighted by Gasteiger charge is -2.21. The summed E-state index contributed by atoms with van der Waals surface area (Å²) in [5.41, 5.74) is 6.47. The largest absolute Gasteiger partial charge is 0.469 e. The Morgan fingerprint density at radius 1 is 1.50 bits per heavy atom. The lowest BCUT2D eigenvalue weighted by atomic mass is 10.1. The lowest BCUT2D eigenvalue weighted by Crippen LogP contribution is -2.24. The van der Waals surface area contributed by atoms with Gasteiger partial charge in [-0.05, 0) is 13.0 Å². The summed E-state index contributed by atoms with van der Waals surface area (Å²) in [5.74, 6) is 0.0394. The van der Waals surface area contributed by atoms with Crippen LogP contribution in [0.15, 0.2) is 24.3 Å². The zero-order valence-electron chi connectivity index (χ0n) is 10.6. The number of esters is 1. The van der Waals surface area contributed by atoms with Gasteiger partial charge < -0.3 is 10.5 Å². The summed E-state index contributed by atoms with van der Waals surface area (Å²) in [6.07, 6.45) is 0.304. The topological polar surface area (TPSA) is 52.3 Å². The van der Waals surface area contributed by atoms with E-state index in [2.05, 4.69) is 4.74 Å². The molecule has 18 heavy (non-hydrogen) atoms. The summed E-state index contributed by atoms with van der Waals surface area (Å²) in [6, 6.07) is 6.40. The van der Waals surface area contributed by atoms with E-state index in [9.17, 15) is 9.18 Å². The second-order valence-electron chi connectivity index (χ2n) is 4.00. The van der Waals surface area contributed by atoms with Gasteiger partial charge in [-0.25, -0.2) is 4.39 Å². The molecule has 0 aromatic heterocycles. The average molecular weight is 271 g/mol. The molecule has 0 amide bonds. The molecule has 1 aromatic rings. The number of carbonyl (C=O) groups excluding carboxylic acids is 1. The number of ether oxygens (including phenoxy) is 1. The smallest absolute Gasteiger partial charge is 0.306 e. The molecule has 0 aliphatic carbocycles. The third-order valence-electron chi connectivity index (χ3n) is 2.52. The summed E-state index contributed by atoms with van der Waals surface area (Å²) >= 11 is 1.47. The van der Waals surface area contributed by atoms with E-state index in [1.54, 1.807) is 18.2 Å². The summed E-state index contributed by atoms with van der Waals surface area (Å²) < 4.78 is 18.3. The molecule has 3 nitrogen and oxygen atoms in total. The van der Waals surface area contributed by atoms with Crippen LogP contribution in [0.5, 0.6) is 0 Å². The van der Waals surface area contributed by atoms with Gasteiger partial charge in [0.05, 0.1) is 13.5 Å². The Morgan fingerprint density at radius 2 is 2.17 bits per heavy atom. The van der Waals surface area contributed by atoms with Crippen molar-refractivity contribution >= 4 is 17.7 Å². The van der Waals surface area contributed by atoms with Gasteiger partial charge in [0.15, 0.2) is 0 Å². The van der Waals surface area contributed by atoms with Gasteiger partial charge in [-0.1, -0.05) is 18.2 Å². The molecule has 2 N–H and O–H groups in total. The second kappa shape index (κ2) is 7.38. The van der Waals surface area contributed by atoms with Gasteiger partial charge in [0.25, 0.3) is 0 Å². The molecular weight excluding hydrogens is 253 g/mol. The average Bonchev–Trinajstić information content (AvgIpc) is 2.35. The highest BCUT2D eigenvalue weighted by atomic mass is 32.2. The van der Waals surface area contributed by atoms with E-state index in [1.807, 2.05) is 6.92 Å². The number of hydrogen-bond donors (Lipinski definition) is 1. The van der Waals surface area contributed by atoms with Crippen LogP contribution >= 0.6 is 11.8 Å². The number of halogens is 1. The third-order valence-corrected chi connectivity index (χ3v) is 4.00. The highest BCUT2D eigenvalue weighted by molar-refractivity contribution is 7.99. The molecule has 0 saturated carbocycles. The van der Waals surface area contributed by atoms with Crippen molar-refractivity contribution in [2.24, 2.45) is 5.73 Å². The summed E-state index contributed by atoms with van der Waals surface area (Å²) in [6.45, 7) is 1.84. The molecule has 0 fully saturated rings. The maximum absolute atomic E-state index is 13.7. The normalized spacial score (nSPS) is 14.0. The first-order valence-corrected chi connectivity index (χ1v) is 6.79. The molecule has 0 heterocycles. The highest BCUT2D eigenvalue weighted by Gasteiger charge is 2.20. The number of rotatable bonds is 6. The number of carbonyl (C=O) groups is 1. The molecule has 0 saturated heterocycles. The minimum absolute atomic E-state index is 0.157. The third kappa shape index (κ3) is 4.31. The van der Waals surface area contributed by atoms with Gasteiger partial charge in [-0.2, -0.15) is 11.8 Å². The van der Waals surface area contributed by atoms with E-state index < -0.39 is 0 Å². The van der Waals surface area contributed by atoms with E-state index in [0.29, 0.717) is 17.7 Å². The van der Waals surface area contributed by atoms with E-state index in [1.165, 1.54) is 24.9 Å². The molecule has 5 heteroatoms. The van der Waals surface area contributed by atoms with Crippen LogP contribution in [-0.4, -0.2) is 24.9 Å². The Bertz CT molecular complexity index is 398. The van der Waals surface area contributed by atoms with E-state index in [0.717, 1.165) is 0 Å². The summed E-state index contributed by atoms with van der Waals surface area (Å²) in [5, 5.41) is -0.157. The first-order chi connectivity index (χ1) is 8.56. The van der Waals surface area contributed by atoms with Gasteiger partial charge in [-0.3, -0.25) is 4.79 Å². The Hall–Kier alpha value is -1.07. The van der Waals surface area contributed by atoms with Crippen molar-refractivity contribution in [3.05, 3.63) is 35.6 Å². The standard InChI is InChI=1S/C13H18FNO2S/c1-9(15)13(18-8-7-12(16)17-2)10-5-3-4-6-11(10)14/h3-6,9,13H,7-8,15H2,1-2H3. The SMILES string of the molecule is COC(=O)CCSC(c1ccccc1F)C(C)N. The molecule has 2 unspecified atom stereocenters. The maximum atomic E-state index is 13.7. The minimum Gasteiger partial charge on any atom is -0.469 e. The summed E-state index contributed by atoms with van der Waals surface area (Å²) in [7, 11) is 1.35. The zero-order valence-corrected chi connectivity index (χ0v) is 11.4. The predicted octanol–water partition coefficient (Wildman–Crippen LogP) is 2.51. The van der Waals surface area contributed by atoms with Crippen LogP contribution in [0.3, 0.4) is 0 Å². The fourth-order valence-electron chi connectivity index (χ4n) is 1.60. The minimum atomic E-state index is -0.264. The van der Waals surface area contributed by atoms with Gasteiger partial charge in [0.2, 0.25) is 0 Å². The predicted molar refractivity (Wildman–Crippen MR) is 71.9 cm³/mol. The fraction of sp³-hybridized carbons (Fsp3) is 0.462. The maximum Gasteiger partial charge on any atom is 0.306 e. The highest BCUT2D eigenvalue weighted by Crippen LogP contribution is 2.33. The number of benzene rings is 1. The van der Waals surface area contributed by atoms with Crippen LogP contribution in [-0.2, 0) is 9.53 Å². The molecule has 100 valence electrons. The van der Waals surface area contributed by atoms with Crippen LogP contribution in [0.2, 0.25) is 0 Å². The van der Waals surface area contributed by atoms with Crippen molar-refractivity contribution in [1.82, 2.24) is 0 Å². The van der Waals surface area contributed by atoms with Crippen LogP contribution in [0, 0.1) is 5.82 Å². The van der Waals surface area contributed by atoms with Crippen molar-refractivity contribution in [3.63, 3.8) is 0 Å². The van der Waals surface area contributed by atoms with Crippen LogP contribution < -0.4 is 5.73 Å². The first-order valence-electron chi connectivity index (χ1n) is 5.74. The van der Waals surface area contributed by atoms with Crippen LogP contribution in [0.4, 0.5) is 4.39 Å². The van der Waals surface area contributed by atoms with Crippen molar-refractivity contribution < 1.29 is 13.9 Å². The fourth-order valence-corrected chi connectivity index (χ4v) is 2.81. The lowest BCUT2D eigenvalue weighted by molar-refractivity contribution is -0.140. The zero-order chi connectivity index (χ0) is 13.5. The molecule has 0 spiro atoms. The van der Waals surface area contributed by atoms with Crippen LogP contribution in [0.25, 0.3) is 0 Å². The molecule has 1 aromatic carbocycles. The van der Waals surface area contributed by atoms with Crippen LogP contribution in [0.1, 0.15) is 24.2 Å². The van der Waals surface area contributed by atoms with Crippen molar-refractivity contribution in [2.45, 2.75) is 24.6 Å². The van der Waals surface area contributed by atoms with Gasteiger partial charge >= 0.3 is 5.97 Å². The Kier molecular flexibility index (Phi) is 6.15. The van der Waals surface area contributed by atoms with Crippen molar-refractivity contribution in [3.8, 4) is 0 Å². The van der Waals surface area contributed by atoms with Gasteiger partial charge in [0.1, 0.15) is 5.82 Å². The van der Waals surface area contributed by atoms with E-state index in [4.69, 9.17) is 5.73 Å². The molecule has 0 radical (unpaired) electrons. The molecular formula is C13H18FNO2S. The monoisotopic (exact) mass is 271 g/mol. The molecule has 1 rings (SSSR count). The van der Waals surface area contributed by atoms with Gasteiger partial charge in [0, 0.05) is 22.6 Å². The van der Waals surface area contributed by atoms with E-state index in [-0.39, 0.29) is 23.1 Å². The Labute approximate surface area is 111 Å². The molecule has 0 bridgehead atoms. The molecule has 0 aliphatic rings. The Morgan fingerprint density at radius 3 is 2.72 bits per heavy atom. The molecule has 0 aliphatic heterocycles. The Balaban J connectivity index is 2.67. The molecule has 2 atom stereocenters.